The minimum Gasteiger partial charge on any atom is -0.293 e. The topological polar surface area (TPSA) is 12.4 Å². The first-order chi connectivity index (χ1) is 15.2. The Morgan fingerprint density at radius 1 is 0.742 bits per heavy atom. The molecule has 2 nitrogen and oxygen atoms in total. The number of unbranched alkanes of at least 4 members (excludes halogenated alkanes) is 9. The third-order valence-corrected chi connectivity index (χ3v) is 5.66. The fourth-order valence-corrected chi connectivity index (χ4v) is 3.87. The van der Waals surface area contributed by atoms with E-state index in [0.717, 1.165) is 18.7 Å². The molecule has 2 heteroatoms. The Balaban J connectivity index is 2.32. The van der Waals surface area contributed by atoms with Crippen molar-refractivity contribution in [2.24, 2.45) is 4.99 Å². The Hall–Kier alpha value is -2.47. The normalized spacial score (nSPS) is 11.2. The van der Waals surface area contributed by atoms with Gasteiger partial charge in [-0.05, 0) is 29.7 Å². The highest BCUT2D eigenvalue weighted by atomic mass is 15.3. The standard InChI is InChI=1S/C29H41N2/c1-5-9-10-11-12-13-14-15-16-17-22-30-26-28-18-20-29(21-19-28)27-31(23-6-2,24-7-3)25-8-4/h2-4,18-21,26H,5,9-17,22-25,27H2,1H3/q+1. The SMILES string of the molecule is C#CC[N+](CC#C)(CC#C)Cc1ccc(C=NCCCCCCCCCCCC)cc1. The van der Waals surface area contributed by atoms with Crippen molar-refractivity contribution < 1.29 is 4.48 Å². The van der Waals surface area contributed by atoms with Crippen LogP contribution >= 0.6 is 0 Å². The molecule has 0 saturated heterocycles. The molecule has 0 radical (unpaired) electrons. The van der Waals surface area contributed by atoms with Crippen LogP contribution in [0.1, 0.15) is 82.3 Å². The van der Waals surface area contributed by atoms with Gasteiger partial charge < -0.3 is 0 Å². The van der Waals surface area contributed by atoms with Crippen LogP contribution in [0.25, 0.3) is 0 Å². The smallest absolute Gasteiger partial charge is 0.142 e. The lowest BCUT2D eigenvalue weighted by molar-refractivity contribution is -0.921. The van der Waals surface area contributed by atoms with Crippen molar-refractivity contribution in [3.63, 3.8) is 0 Å². The molecule has 0 fully saturated rings. The molecule has 166 valence electrons. The second-order valence-electron chi connectivity index (χ2n) is 8.55. The van der Waals surface area contributed by atoms with E-state index >= 15 is 0 Å². The van der Waals surface area contributed by atoms with Crippen LogP contribution in [-0.4, -0.2) is 36.9 Å². The predicted molar refractivity (Wildman–Crippen MR) is 136 cm³/mol. The van der Waals surface area contributed by atoms with Gasteiger partial charge in [-0.3, -0.25) is 9.48 Å². The molecule has 0 saturated carbocycles. The van der Waals surface area contributed by atoms with Crippen LogP contribution in [-0.2, 0) is 6.54 Å². The van der Waals surface area contributed by atoms with E-state index in [9.17, 15) is 0 Å². The van der Waals surface area contributed by atoms with Crippen LogP contribution < -0.4 is 0 Å². The first-order valence-electron chi connectivity index (χ1n) is 11.9. The molecule has 0 heterocycles. The van der Waals surface area contributed by atoms with Crippen LogP contribution in [0.2, 0.25) is 0 Å². The van der Waals surface area contributed by atoms with Gasteiger partial charge in [0.25, 0.3) is 0 Å². The van der Waals surface area contributed by atoms with Crippen molar-refractivity contribution in [1.82, 2.24) is 0 Å². The molecule has 0 aliphatic carbocycles. The summed E-state index contributed by atoms with van der Waals surface area (Å²) in [7, 11) is 0. The van der Waals surface area contributed by atoms with E-state index in [4.69, 9.17) is 19.3 Å². The van der Waals surface area contributed by atoms with Crippen LogP contribution in [0.5, 0.6) is 0 Å². The van der Waals surface area contributed by atoms with Gasteiger partial charge in [-0.25, -0.2) is 0 Å². The van der Waals surface area contributed by atoms with Gasteiger partial charge in [0.05, 0.1) is 0 Å². The lowest BCUT2D eigenvalue weighted by Crippen LogP contribution is -2.48. The van der Waals surface area contributed by atoms with Crippen molar-refractivity contribution in [3.05, 3.63) is 35.4 Å². The minimum atomic E-state index is 0.537. The Labute approximate surface area is 192 Å². The van der Waals surface area contributed by atoms with Crippen LogP contribution in [0, 0.1) is 37.0 Å². The van der Waals surface area contributed by atoms with E-state index in [-0.39, 0.29) is 0 Å². The van der Waals surface area contributed by atoms with Crippen molar-refractivity contribution >= 4 is 6.21 Å². The Morgan fingerprint density at radius 2 is 1.23 bits per heavy atom. The monoisotopic (exact) mass is 417 g/mol. The van der Waals surface area contributed by atoms with Gasteiger partial charge >= 0.3 is 0 Å². The zero-order valence-electron chi connectivity index (χ0n) is 19.6. The molecule has 0 aliphatic heterocycles. The summed E-state index contributed by atoms with van der Waals surface area (Å²) in [6.45, 7) is 5.54. The van der Waals surface area contributed by atoms with Crippen LogP contribution in [0.15, 0.2) is 29.3 Å². The summed E-state index contributed by atoms with van der Waals surface area (Å²) in [6, 6.07) is 8.46. The van der Waals surface area contributed by atoms with Gasteiger partial charge in [0.15, 0.2) is 0 Å². The summed E-state index contributed by atoms with van der Waals surface area (Å²) in [6.07, 6.45) is 32.2. The number of nitrogens with zero attached hydrogens (tertiary/aromatic N) is 2. The third-order valence-electron chi connectivity index (χ3n) is 5.66. The Bertz CT molecular complexity index is 696. The van der Waals surface area contributed by atoms with Crippen LogP contribution in [0.4, 0.5) is 0 Å². The molecule has 0 atom stereocenters. The highest BCUT2D eigenvalue weighted by molar-refractivity contribution is 5.79. The average molecular weight is 418 g/mol. The maximum Gasteiger partial charge on any atom is 0.142 e. The minimum absolute atomic E-state index is 0.537. The number of terminal acetylenes is 3. The van der Waals surface area contributed by atoms with Gasteiger partial charge in [0.1, 0.15) is 26.2 Å². The summed E-state index contributed by atoms with van der Waals surface area (Å²) >= 11 is 0. The number of hydrogen-bond acceptors (Lipinski definition) is 1. The lowest BCUT2D eigenvalue weighted by atomic mass is 10.1. The van der Waals surface area contributed by atoms with Gasteiger partial charge in [-0.2, -0.15) is 0 Å². The van der Waals surface area contributed by atoms with E-state index in [0.29, 0.717) is 24.1 Å². The van der Waals surface area contributed by atoms with Gasteiger partial charge in [-0.1, -0.05) is 89.0 Å². The summed E-state index contributed by atoms with van der Waals surface area (Å²) in [4.78, 5) is 4.59. The maximum absolute atomic E-state index is 5.57. The molecule has 1 rings (SSSR count). The number of benzene rings is 1. The average Bonchev–Trinajstić information content (AvgIpc) is 2.76. The molecule has 0 spiro atoms. The molecular weight excluding hydrogens is 376 g/mol. The maximum atomic E-state index is 5.57. The molecule has 0 aromatic heterocycles. The second-order valence-corrected chi connectivity index (χ2v) is 8.55. The quantitative estimate of drug-likeness (QED) is 0.123. The number of aliphatic imine (C=N–C) groups is 1. The third kappa shape index (κ3) is 12.1. The van der Waals surface area contributed by atoms with Gasteiger partial charge in [0, 0.05) is 18.3 Å². The largest absolute Gasteiger partial charge is 0.293 e. The molecule has 0 amide bonds. The molecule has 0 bridgehead atoms. The summed E-state index contributed by atoms with van der Waals surface area (Å²) in [5, 5.41) is 0. The first-order valence-corrected chi connectivity index (χ1v) is 11.9. The van der Waals surface area contributed by atoms with E-state index in [1.54, 1.807) is 0 Å². The molecule has 31 heavy (non-hydrogen) atoms. The first kappa shape index (κ1) is 26.6. The van der Waals surface area contributed by atoms with Crippen molar-refractivity contribution in [2.75, 3.05) is 26.2 Å². The molecule has 0 N–H and O–H groups in total. The van der Waals surface area contributed by atoms with Gasteiger partial charge in [0.2, 0.25) is 0 Å². The van der Waals surface area contributed by atoms with E-state index in [2.05, 4.69) is 53.9 Å². The summed E-state index contributed by atoms with van der Waals surface area (Å²) in [5.74, 6) is 8.21. The summed E-state index contributed by atoms with van der Waals surface area (Å²) < 4.78 is 0.537. The van der Waals surface area contributed by atoms with Gasteiger partial charge in [-0.15, -0.1) is 19.3 Å². The zero-order chi connectivity index (χ0) is 22.6. The fraction of sp³-hybridized carbons (Fsp3) is 0.552. The van der Waals surface area contributed by atoms with Crippen molar-refractivity contribution in [2.45, 2.75) is 77.7 Å². The molecule has 0 aliphatic rings. The van der Waals surface area contributed by atoms with Crippen molar-refractivity contribution in [1.29, 1.82) is 0 Å². The molecule has 1 aromatic rings. The highest BCUT2D eigenvalue weighted by Gasteiger charge is 2.24. The fourth-order valence-electron chi connectivity index (χ4n) is 3.87. The van der Waals surface area contributed by atoms with E-state index in [1.807, 2.05) is 6.21 Å². The van der Waals surface area contributed by atoms with Crippen molar-refractivity contribution in [3.8, 4) is 37.0 Å². The predicted octanol–water partition coefficient (Wildman–Crippen LogP) is 6.24. The zero-order valence-corrected chi connectivity index (χ0v) is 19.6. The van der Waals surface area contributed by atoms with E-state index < -0.39 is 0 Å². The summed E-state index contributed by atoms with van der Waals surface area (Å²) in [5.41, 5.74) is 2.31. The number of hydrogen-bond donors (Lipinski definition) is 0. The highest BCUT2D eigenvalue weighted by Crippen LogP contribution is 2.15. The lowest BCUT2D eigenvalue weighted by Gasteiger charge is -2.33. The number of rotatable bonds is 17. The number of quaternary nitrogens is 1. The molecule has 0 unspecified atom stereocenters. The van der Waals surface area contributed by atoms with E-state index in [1.165, 1.54) is 69.8 Å². The van der Waals surface area contributed by atoms with Crippen LogP contribution in [0.3, 0.4) is 0 Å². The Kier molecular flexibility index (Phi) is 14.8. The Morgan fingerprint density at radius 3 is 1.71 bits per heavy atom. The molecular formula is C29H41N2+. The molecule has 1 aromatic carbocycles. The second kappa shape index (κ2) is 17.2.